The van der Waals surface area contributed by atoms with Crippen LogP contribution in [0.2, 0.25) is 0 Å². The van der Waals surface area contributed by atoms with Crippen LogP contribution in [0.5, 0.6) is 0 Å². The van der Waals surface area contributed by atoms with E-state index in [4.69, 9.17) is 0 Å². The van der Waals surface area contributed by atoms with Crippen LogP contribution in [0.15, 0.2) is 18.3 Å². The Hall–Kier alpha value is -0.820. The van der Waals surface area contributed by atoms with Crippen molar-refractivity contribution in [3.05, 3.63) is 24.3 Å². The highest BCUT2D eigenvalue weighted by Crippen LogP contribution is 2.26. The van der Waals surface area contributed by atoms with Gasteiger partial charge in [-0.25, -0.2) is 13.4 Å². The lowest BCUT2D eigenvalue weighted by molar-refractivity contribution is 0.576. The minimum atomic E-state index is -3.17. The quantitative estimate of drug-likeness (QED) is 0.758. The molecule has 0 saturated carbocycles. The van der Waals surface area contributed by atoms with Crippen molar-refractivity contribution in [1.82, 2.24) is 4.98 Å². The van der Waals surface area contributed by atoms with Crippen LogP contribution in [0.25, 0.3) is 0 Å². The largest absolute Gasteiger partial charge is 0.353 e. The lowest BCUT2D eigenvalue weighted by atomic mass is 10.3. The van der Waals surface area contributed by atoms with Crippen LogP contribution < -0.4 is 4.90 Å². The molecule has 1 saturated heterocycles. The number of pyridine rings is 1. The van der Waals surface area contributed by atoms with E-state index in [1.54, 1.807) is 22.7 Å². The standard InChI is InChI=1S/C10H13FN2O2S2/c1-17(14,15)10-7-16-5-4-13(10)8-2-3-12-9(11)6-8/h2-3,6,10H,4-5,7H2,1H3. The van der Waals surface area contributed by atoms with E-state index < -0.39 is 21.2 Å². The maximum atomic E-state index is 13.1. The van der Waals surface area contributed by atoms with Crippen molar-refractivity contribution in [3.63, 3.8) is 0 Å². The van der Waals surface area contributed by atoms with Gasteiger partial charge < -0.3 is 4.90 Å². The molecule has 2 heterocycles. The van der Waals surface area contributed by atoms with Gasteiger partial charge in [0.05, 0.1) is 0 Å². The van der Waals surface area contributed by atoms with Crippen LogP contribution in [-0.2, 0) is 9.84 Å². The van der Waals surface area contributed by atoms with Crippen molar-refractivity contribution in [1.29, 1.82) is 0 Å². The number of halogens is 1. The molecule has 0 spiro atoms. The Balaban J connectivity index is 2.34. The highest BCUT2D eigenvalue weighted by atomic mass is 32.2. The van der Waals surface area contributed by atoms with Gasteiger partial charge in [0.1, 0.15) is 5.37 Å². The van der Waals surface area contributed by atoms with Crippen LogP contribution in [0, 0.1) is 5.95 Å². The Morgan fingerprint density at radius 1 is 1.59 bits per heavy atom. The number of sulfone groups is 1. The summed E-state index contributed by atoms with van der Waals surface area (Å²) < 4.78 is 36.4. The van der Waals surface area contributed by atoms with E-state index in [2.05, 4.69) is 4.98 Å². The third-order valence-corrected chi connectivity index (χ3v) is 5.26. The fraction of sp³-hybridized carbons (Fsp3) is 0.500. The number of anilines is 1. The zero-order valence-electron chi connectivity index (χ0n) is 9.34. The van der Waals surface area contributed by atoms with Crippen LogP contribution >= 0.6 is 11.8 Å². The SMILES string of the molecule is CS(=O)(=O)C1CSCCN1c1ccnc(F)c1. The summed E-state index contributed by atoms with van der Waals surface area (Å²) in [4.78, 5) is 5.21. The highest BCUT2D eigenvalue weighted by molar-refractivity contribution is 8.01. The number of aromatic nitrogens is 1. The predicted molar refractivity (Wildman–Crippen MR) is 67.5 cm³/mol. The van der Waals surface area contributed by atoms with Gasteiger partial charge >= 0.3 is 0 Å². The fourth-order valence-corrected chi connectivity index (χ4v) is 4.64. The van der Waals surface area contributed by atoms with E-state index in [-0.39, 0.29) is 0 Å². The summed E-state index contributed by atoms with van der Waals surface area (Å²) in [6.45, 7) is 0.603. The molecule has 1 fully saturated rings. The summed E-state index contributed by atoms with van der Waals surface area (Å²) in [6, 6.07) is 2.91. The van der Waals surface area contributed by atoms with Crippen LogP contribution in [0.1, 0.15) is 0 Å². The molecule has 0 radical (unpaired) electrons. The van der Waals surface area contributed by atoms with Crippen LogP contribution in [0.4, 0.5) is 10.1 Å². The lowest BCUT2D eigenvalue weighted by Crippen LogP contribution is -2.47. The number of hydrogen-bond acceptors (Lipinski definition) is 5. The molecule has 7 heteroatoms. The maximum Gasteiger partial charge on any atom is 0.214 e. The molecule has 1 atom stereocenters. The lowest BCUT2D eigenvalue weighted by Gasteiger charge is -2.35. The van der Waals surface area contributed by atoms with Crippen molar-refractivity contribution in [2.45, 2.75) is 5.37 Å². The van der Waals surface area contributed by atoms with E-state index >= 15 is 0 Å². The first-order valence-electron chi connectivity index (χ1n) is 5.13. The molecule has 1 aliphatic rings. The third kappa shape index (κ3) is 2.90. The average Bonchev–Trinajstić information content (AvgIpc) is 2.28. The number of nitrogens with zero attached hydrogens (tertiary/aromatic N) is 2. The van der Waals surface area contributed by atoms with E-state index in [0.717, 1.165) is 5.75 Å². The van der Waals surface area contributed by atoms with Crippen LogP contribution in [0.3, 0.4) is 0 Å². The smallest absolute Gasteiger partial charge is 0.214 e. The third-order valence-electron chi connectivity index (χ3n) is 2.62. The molecule has 1 aliphatic heterocycles. The highest BCUT2D eigenvalue weighted by Gasteiger charge is 2.31. The summed E-state index contributed by atoms with van der Waals surface area (Å²) in [7, 11) is -3.17. The summed E-state index contributed by atoms with van der Waals surface area (Å²) in [5.41, 5.74) is 0.577. The van der Waals surface area contributed by atoms with Gasteiger partial charge in [-0.1, -0.05) is 0 Å². The van der Waals surface area contributed by atoms with E-state index in [1.807, 2.05) is 0 Å². The molecule has 2 rings (SSSR count). The van der Waals surface area contributed by atoms with Crippen LogP contribution in [-0.4, -0.2) is 43.1 Å². The predicted octanol–water partition coefficient (Wildman–Crippen LogP) is 1.14. The topological polar surface area (TPSA) is 50.3 Å². The molecule has 1 unspecified atom stereocenters. The minimum absolute atomic E-state index is 0.517. The molecule has 94 valence electrons. The molecule has 0 aliphatic carbocycles. The first kappa shape index (κ1) is 12.6. The molecule has 0 aromatic carbocycles. The van der Waals surface area contributed by atoms with Gasteiger partial charge in [-0.05, 0) is 6.07 Å². The molecule has 17 heavy (non-hydrogen) atoms. The monoisotopic (exact) mass is 276 g/mol. The van der Waals surface area contributed by atoms with E-state index in [9.17, 15) is 12.8 Å². The summed E-state index contributed by atoms with van der Waals surface area (Å²) >= 11 is 1.60. The zero-order valence-corrected chi connectivity index (χ0v) is 11.0. The summed E-state index contributed by atoms with van der Waals surface area (Å²) in [5, 5.41) is -0.581. The average molecular weight is 276 g/mol. The van der Waals surface area contributed by atoms with Gasteiger partial charge in [-0.3, -0.25) is 0 Å². The minimum Gasteiger partial charge on any atom is -0.353 e. The van der Waals surface area contributed by atoms with Gasteiger partial charge in [0.2, 0.25) is 5.95 Å². The second-order valence-electron chi connectivity index (χ2n) is 3.89. The Kier molecular flexibility index (Phi) is 3.58. The normalized spacial score (nSPS) is 21.5. The summed E-state index contributed by atoms with van der Waals surface area (Å²) in [6.07, 6.45) is 2.57. The molecule has 0 amide bonds. The van der Waals surface area contributed by atoms with Crippen molar-refractivity contribution in [2.24, 2.45) is 0 Å². The molecule has 4 nitrogen and oxygen atoms in total. The van der Waals surface area contributed by atoms with Crippen molar-refractivity contribution in [2.75, 3.05) is 29.2 Å². The fourth-order valence-electron chi connectivity index (χ4n) is 1.80. The second-order valence-corrected chi connectivity index (χ2v) is 7.24. The number of thioether (sulfide) groups is 1. The van der Waals surface area contributed by atoms with Gasteiger partial charge in [0, 0.05) is 42.3 Å². The van der Waals surface area contributed by atoms with E-state index in [0.29, 0.717) is 18.0 Å². The number of hydrogen-bond donors (Lipinski definition) is 0. The van der Waals surface area contributed by atoms with Gasteiger partial charge in [-0.15, -0.1) is 0 Å². The Morgan fingerprint density at radius 2 is 2.35 bits per heavy atom. The Labute approximate surface area is 104 Å². The Bertz CT molecular complexity index is 507. The maximum absolute atomic E-state index is 13.1. The molecule has 0 bridgehead atoms. The second kappa shape index (κ2) is 4.81. The van der Waals surface area contributed by atoms with Crippen molar-refractivity contribution in [3.8, 4) is 0 Å². The Morgan fingerprint density at radius 3 is 3.00 bits per heavy atom. The zero-order chi connectivity index (χ0) is 12.5. The molecule has 1 aromatic heterocycles. The van der Waals surface area contributed by atoms with Gasteiger partial charge in [-0.2, -0.15) is 16.2 Å². The van der Waals surface area contributed by atoms with E-state index in [1.165, 1.54) is 18.5 Å². The van der Waals surface area contributed by atoms with Gasteiger partial charge in [0.25, 0.3) is 0 Å². The van der Waals surface area contributed by atoms with Crippen molar-refractivity contribution < 1.29 is 12.8 Å². The molecular formula is C10H13FN2O2S2. The number of rotatable bonds is 2. The molecule has 0 N–H and O–H groups in total. The summed E-state index contributed by atoms with van der Waals surface area (Å²) in [5.74, 6) is 0.770. The first-order valence-corrected chi connectivity index (χ1v) is 8.24. The van der Waals surface area contributed by atoms with Crippen molar-refractivity contribution >= 4 is 27.3 Å². The first-order chi connectivity index (χ1) is 7.98. The molecular weight excluding hydrogens is 263 g/mol. The van der Waals surface area contributed by atoms with Gasteiger partial charge in [0.15, 0.2) is 9.84 Å². The molecule has 1 aromatic rings.